The van der Waals surface area contributed by atoms with Gasteiger partial charge in [0.25, 0.3) is 0 Å². The van der Waals surface area contributed by atoms with Crippen molar-refractivity contribution in [3.63, 3.8) is 0 Å². The average Bonchev–Trinajstić information content (AvgIpc) is 2.84. The van der Waals surface area contributed by atoms with Gasteiger partial charge in [0.2, 0.25) is 0 Å². The summed E-state index contributed by atoms with van der Waals surface area (Å²) in [7, 11) is 0. The van der Waals surface area contributed by atoms with Crippen molar-refractivity contribution in [3.8, 4) is 0 Å². The van der Waals surface area contributed by atoms with E-state index < -0.39 is 0 Å². The molecule has 0 aliphatic rings. The van der Waals surface area contributed by atoms with Crippen molar-refractivity contribution in [2.75, 3.05) is 45.0 Å². The van der Waals surface area contributed by atoms with Crippen molar-refractivity contribution in [1.82, 2.24) is 14.8 Å². The zero-order valence-electron chi connectivity index (χ0n) is 12.6. The number of anilines is 1. The molecule has 1 aromatic heterocycles. The minimum absolute atomic E-state index is 0.680. The number of hydrogen-bond acceptors (Lipinski definition) is 5. The highest BCUT2D eigenvalue weighted by Gasteiger charge is 2.06. The summed E-state index contributed by atoms with van der Waals surface area (Å²) in [6, 6.07) is 0. The van der Waals surface area contributed by atoms with Crippen molar-refractivity contribution in [1.29, 1.82) is 0 Å². The molecule has 2 N–H and O–H groups in total. The lowest BCUT2D eigenvalue weighted by Gasteiger charge is -2.23. The van der Waals surface area contributed by atoms with Crippen LogP contribution in [0, 0.1) is 0 Å². The second-order valence-corrected chi connectivity index (χ2v) is 5.63. The van der Waals surface area contributed by atoms with E-state index in [0.29, 0.717) is 5.13 Å². The monoisotopic (exact) mass is 284 g/mol. The summed E-state index contributed by atoms with van der Waals surface area (Å²) < 4.78 is 0. The molecule has 5 heteroatoms. The number of nitrogens with two attached hydrogens (primary N) is 1. The van der Waals surface area contributed by atoms with Crippen LogP contribution >= 0.6 is 11.3 Å². The maximum Gasteiger partial charge on any atom is 0.180 e. The summed E-state index contributed by atoms with van der Waals surface area (Å²) in [6.45, 7) is 13.6. The van der Waals surface area contributed by atoms with Crippen LogP contribution in [0.25, 0.3) is 0 Å². The van der Waals surface area contributed by atoms with Gasteiger partial charge < -0.3 is 15.5 Å². The Balaban J connectivity index is 2.22. The van der Waals surface area contributed by atoms with Gasteiger partial charge in [0.1, 0.15) is 0 Å². The van der Waals surface area contributed by atoms with E-state index in [2.05, 4.69) is 40.9 Å². The molecule has 1 aromatic rings. The van der Waals surface area contributed by atoms with Crippen LogP contribution in [-0.4, -0.2) is 54.1 Å². The van der Waals surface area contributed by atoms with Crippen LogP contribution in [0.1, 0.15) is 32.9 Å². The van der Waals surface area contributed by atoms with E-state index in [-0.39, 0.29) is 0 Å². The van der Waals surface area contributed by atoms with E-state index in [1.54, 1.807) is 0 Å². The predicted octanol–water partition coefficient (Wildman–Crippen LogP) is 2.32. The van der Waals surface area contributed by atoms with Gasteiger partial charge in [-0.15, -0.1) is 11.3 Å². The highest BCUT2D eigenvalue weighted by atomic mass is 32.1. The van der Waals surface area contributed by atoms with E-state index >= 15 is 0 Å². The normalized spacial score (nSPS) is 11.6. The van der Waals surface area contributed by atoms with Crippen molar-refractivity contribution < 1.29 is 0 Å². The number of rotatable bonds is 10. The Kier molecular flexibility index (Phi) is 8.02. The summed E-state index contributed by atoms with van der Waals surface area (Å²) >= 11 is 1.53. The Morgan fingerprint density at radius 2 is 1.68 bits per heavy atom. The Hall–Kier alpha value is -0.650. The number of nitrogens with zero attached hydrogens (tertiary/aromatic N) is 3. The number of hydrogen-bond donors (Lipinski definition) is 1. The second-order valence-electron chi connectivity index (χ2n) is 4.74. The van der Waals surface area contributed by atoms with Crippen LogP contribution in [-0.2, 0) is 6.42 Å². The first-order valence-corrected chi connectivity index (χ1v) is 8.22. The Bertz CT molecular complexity index is 336. The molecule has 0 aliphatic carbocycles. The summed E-state index contributed by atoms with van der Waals surface area (Å²) in [5.41, 5.74) is 6.78. The van der Waals surface area contributed by atoms with Crippen molar-refractivity contribution in [2.45, 2.75) is 33.6 Å². The van der Waals surface area contributed by atoms with Crippen LogP contribution in [0.3, 0.4) is 0 Å². The highest BCUT2D eigenvalue weighted by Crippen LogP contribution is 2.11. The van der Waals surface area contributed by atoms with Crippen molar-refractivity contribution >= 4 is 16.5 Å². The van der Waals surface area contributed by atoms with E-state index in [9.17, 15) is 0 Å². The molecule has 0 fully saturated rings. The fourth-order valence-electron chi connectivity index (χ4n) is 2.20. The molecular weight excluding hydrogens is 256 g/mol. The van der Waals surface area contributed by atoms with E-state index in [0.717, 1.165) is 38.3 Å². The topological polar surface area (TPSA) is 45.4 Å². The third-order valence-electron chi connectivity index (χ3n) is 3.54. The first kappa shape index (κ1) is 16.4. The lowest BCUT2D eigenvalue weighted by Crippen LogP contribution is -2.31. The van der Waals surface area contributed by atoms with Gasteiger partial charge in [0.15, 0.2) is 5.13 Å². The minimum atomic E-state index is 0.680. The van der Waals surface area contributed by atoms with E-state index in [4.69, 9.17) is 5.73 Å². The average molecular weight is 284 g/mol. The molecule has 0 aromatic carbocycles. The number of likely N-dealkylation sites (N-methyl/N-ethyl adjacent to an activating group) is 1. The molecule has 110 valence electrons. The van der Waals surface area contributed by atoms with E-state index in [1.165, 1.54) is 30.8 Å². The molecule has 0 bridgehead atoms. The molecule has 0 spiro atoms. The standard InChI is InChI=1S/C14H28N4S/c1-4-17(5-2)9-7-10-18(6-3)11-8-13-12-19-14(15)16-13/h12H,4-11H2,1-3H3,(H2,15,16). The molecule has 0 aliphatic heterocycles. The largest absolute Gasteiger partial charge is 0.375 e. The van der Waals surface area contributed by atoms with Crippen LogP contribution < -0.4 is 5.73 Å². The first-order chi connectivity index (χ1) is 9.19. The van der Waals surface area contributed by atoms with E-state index in [1.807, 2.05) is 0 Å². The molecule has 0 radical (unpaired) electrons. The Labute approximate surface area is 121 Å². The van der Waals surface area contributed by atoms with Gasteiger partial charge in [-0.1, -0.05) is 20.8 Å². The molecule has 0 amide bonds. The molecule has 0 saturated carbocycles. The maximum atomic E-state index is 5.65. The van der Waals surface area contributed by atoms with Crippen LogP contribution in [0.4, 0.5) is 5.13 Å². The fraction of sp³-hybridized carbons (Fsp3) is 0.786. The van der Waals surface area contributed by atoms with Gasteiger partial charge in [-0.25, -0.2) is 4.98 Å². The SMILES string of the molecule is CCN(CC)CCCN(CC)CCc1csc(N)n1. The smallest absolute Gasteiger partial charge is 0.180 e. The van der Waals surface area contributed by atoms with Crippen molar-refractivity contribution in [2.24, 2.45) is 0 Å². The second kappa shape index (κ2) is 9.28. The lowest BCUT2D eigenvalue weighted by atomic mass is 10.3. The lowest BCUT2D eigenvalue weighted by molar-refractivity contribution is 0.245. The molecule has 0 atom stereocenters. The van der Waals surface area contributed by atoms with Gasteiger partial charge in [-0.3, -0.25) is 0 Å². The minimum Gasteiger partial charge on any atom is -0.375 e. The van der Waals surface area contributed by atoms with Gasteiger partial charge in [0, 0.05) is 18.3 Å². The van der Waals surface area contributed by atoms with Gasteiger partial charge in [-0.2, -0.15) is 0 Å². The molecule has 19 heavy (non-hydrogen) atoms. The number of nitrogen functional groups attached to an aromatic ring is 1. The van der Waals surface area contributed by atoms with Crippen LogP contribution in [0.2, 0.25) is 0 Å². The quantitative estimate of drug-likeness (QED) is 0.716. The fourth-order valence-corrected chi connectivity index (χ4v) is 2.79. The van der Waals surface area contributed by atoms with Gasteiger partial charge in [0.05, 0.1) is 5.69 Å². The zero-order chi connectivity index (χ0) is 14.1. The summed E-state index contributed by atoms with van der Waals surface area (Å²) in [6.07, 6.45) is 2.25. The summed E-state index contributed by atoms with van der Waals surface area (Å²) in [4.78, 5) is 9.29. The maximum absolute atomic E-state index is 5.65. The molecule has 0 saturated heterocycles. The molecule has 0 unspecified atom stereocenters. The zero-order valence-corrected chi connectivity index (χ0v) is 13.4. The van der Waals surface area contributed by atoms with Crippen LogP contribution in [0.5, 0.6) is 0 Å². The molecule has 1 heterocycles. The molecular formula is C14H28N4S. The van der Waals surface area contributed by atoms with Crippen LogP contribution in [0.15, 0.2) is 5.38 Å². The first-order valence-electron chi connectivity index (χ1n) is 7.34. The van der Waals surface area contributed by atoms with Gasteiger partial charge in [-0.05, 0) is 39.1 Å². The highest BCUT2D eigenvalue weighted by molar-refractivity contribution is 7.13. The van der Waals surface area contributed by atoms with Gasteiger partial charge >= 0.3 is 0 Å². The number of aromatic nitrogens is 1. The molecule has 4 nitrogen and oxygen atoms in total. The Morgan fingerprint density at radius 3 is 2.21 bits per heavy atom. The summed E-state index contributed by atoms with van der Waals surface area (Å²) in [5, 5.41) is 2.75. The molecule has 1 rings (SSSR count). The summed E-state index contributed by atoms with van der Waals surface area (Å²) in [5.74, 6) is 0. The van der Waals surface area contributed by atoms with Crippen molar-refractivity contribution in [3.05, 3.63) is 11.1 Å². The third kappa shape index (κ3) is 6.36. The predicted molar refractivity (Wildman–Crippen MR) is 84.7 cm³/mol. The Morgan fingerprint density at radius 1 is 1.05 bits per heavy atom. The third-order valence-corrected chi connectivity index (χ3v) is 4.27. The number of thiazole rings is 1.